The Bertz CT molecular complexity index is 596. The standard InChI is InChI=1S/C16H22N4S.HI/c1-12-6-4-7-13(10-12)19-16(17)18-11-14(20(2)3)15-8-5-9-21-15;/h4-10,14H,11H2,1-3H3,(H3,17,18,19);1H. The van der Waals surface area contributed by atoms with Gasteiger partial charge in [-0.3, -0.25) is 4.99 Å². The molecule has 0 aliphatic rings. The Hall–Kier alpha value is -1.12. The number of rotatable bonds is 5. The van der Waals surface area contributed by atoms with Gasteiger partial charge in [-0.2, -0.15) is 0 Å². The molecule has 3 N–H and O–H groups in total. The van der Waals surface area contributed by atoms with Crippen LogP contribution in [-0.2, 0) is 0 Å². The molecule has 0 bridgehead atoms. The number of halogens is 1. The largest absolute Gasteiger partial charge is 0.370 e. The maximum Gasteiger partial charge on any atom is 0.193 e. The lowest BCUT2D eigenvalue weighted by Crippen LogP contribution is -2.26. The van der Waals surface area contributed by atoms with Gasteiger partial charge in [-0.05, 0) is 50.2 Å². The molecule has 1 unspecified atom stereocenters. The van der Waals surface area contributed by atoms with Gasteiger partial charge in [-0.1, -0.05) is 18.2 Å². The maximum absolute atomic E-state index is 5.98. The Labute approximate surface area is 153 Å². The van der Waals surface area contributed by atoms with Crippen LogP contribution in [0, 0.1) is 6.92 Å². The molecule has 0 radical (unpaired) electrons. The van der Waals surface area contributed by atoms with Gasteiger partial charge in [0.05, 0.1) is 12.6 Å². The summed E-state index contributed by atoms with van der Waals surface area (Å²) in [5, 5.41) is 5.22. The van der Waals surface area contributed by atoms with Crippen LogP contribution in [0.5, 0.6) is 0 Å². The van der Waals surface area contributed by atoms with Gasteiger partial charge in [0.1, 0.15) is 0 Å². The minimum atomic E-state index is 0. The van der Waals surface area contributed by atoms with E-state index in [1.165, 1.54) is 10.4 Å². The lowest BCUT2D eigenvalue weighted by molar-refractivity contribution is 0.311. The summed E-state index contributed by atoms with van der Waals surface area (Å²) >= 11 is 1.74. The molecule has 4 nitrogen and oxygen atoms in total. The molecular formula is C16H23IN4S. The summed E-state index contributed by atoms with van der Waals surface area (Å²) in [4.78, 5) is 7.94. The maximum atomic E-state index is 5.98. The summed E-state index contributed by atoms with van der Waals surface area (Å²) in [6.07, 6.45) is 0. The van der Waals surface area contributed by atoms with Crippen molar-refractivity contribution in [2.75, 3.05) is 26.0 Å². The van der Waals surface area contributed by atoms with E-state index < -0.39 is 0 Å². The number of nitrogens with two attached hydrogens (primary N) is 1. The van der Waals surface area contributed by atoms with Gasteiger partial charge in [0.25, 0.3) is 0 Å². The first-order chi connectivity index (χ1) is 10.1. The topological polar surface area (TPSA) is 53.6 Å². The molecule has 0 amide bonds. The van der Waals surface area contributed by atoms with E-state index in [0.29, 0.717) is 12.5 Å². The summed E-state index contributed by atoms with van der Waals surface area (Å²) in [6, 6.07) is 12.5. The molecular weight excluding hydrogens is 407 g/mol. The lowest BCUT2D eigenvalue weighted by Gasteiger charge is -2.21. The van der Waals surface area contributed by atoms with Crippen LogP contribution in [0.1, 0.15) is 16.5 Å². The molecule has 1 heterocycles. The number of hydrogen-bond acceptors (Lipinski definition) is 3. The zero-order valence-corrected chi connectivity index (χ0v) is 16.3. The van der Waals surface area contributed by atoms with Gasteiger partial charge in [0.2, 0.25) is 0 Å². The second kappa shape index (κ2) is 9.12. The van der Waals surface area contributed by atoms with Crippen molar-refractivity contribution >= 4 is 47.0 Å². The summed E-state index contributed by atoms with van der Waals surface area (Å²) in [5.74, 6) is 0.448. The molecule has 2 rings (SSSR count). The Morgan fingerprint density at radius 2 is 2.09 bits per heavy atom. The lowest BCUT2D eigenvalue weighted by atomic mass is 10.2. The molecule has 120 valence electrons. The van der Waals surface area contributed by atoms with E-state index in [4.69, 9.17) is 5.73 Å². The van der Waals surface area contributed by atoms with Crippen molar-refractivity contribution in [1.82, 2.24) is 4.90 Å². The number of aryl methyl sites for hydroxylation is 1. The molecule has 0 aliphatic heterocycles. The van der Waals surface area contributed by atoms with E-state index in [0.717, 1.165) is 5.69 Å². The average molecular weight is 430 g/mol. The highest BCUT2D eigenvalue weighted by Crippen LogP contribution is 2.23. The Morgan fingerprint density at radius 1 is 1.32 bits per heavy atom. The second-order valence-corrected chi connectivity index (χ2v) is 6.19. The molecule has 0 saturated heterocycles. The minimum Gasteiger partial charge on any atom is -0.370 e. The minimum absolute atomic E-state index is 0. The van der Waals surface area contributed by atoms with Crippen LogP contribution in [0.15, 0.2) is 46.8 Å². The summed E-state index contributed by atoms with van der Waals surface area (Å²) in [7, 11) is 4.12. The molecule has 2 aromatic rings. The molecule has 22 heavy (non-hydrogen) atoms. The number of likely N-dealkylation sites (N-methyl/N-ethyl adjacent to an activating group) is 1. The summed E-state index contributed by atoms with van der Waals surface area (Å²) < 4.78 is 0. The predicted molar refractivity (Wildman–Crippen MR) is 107 cm³/mol. The zero-order valence-electron chi connectivity index (χ0n) is 13.1. The Balaban J connectivity index is 0.00000242. The highest BCUT2D eigenvalue weighted by Gasteiger charge is 2.14. The van der Waals surface area contributed by atoms with Crippen molar-refractivity contribution in [2.45, 2.75) is 13.0 Å². The van der Waals surface area contributed by atoms with E-state index in [-0.39, 0.29) is 30.0 Å². The van der Waals surface area contributed by atoms with Crippen molar-refractivity contribution in [1.29, 1.82) is 0 Å². The second-order valence-electron chi connectivity index (χ2n) is 5.22. The van der Waals surface area contributed by atoms with Crippen molar-refractivity contribution in [2.24, 2.45) is 10.7 Å². The number of nitrogens with zero attached hydrogens (tertiary/aromatic N) is 2. The van der Waals surface area contributed by atoms with Gasteiger partial charge < -0.3 is 16.0 Å². The van der Waals surface area contributed by atoms with Crippen molar-refractivity contribution in [3.63, 3.8) is 0 Å². The zero-order chi connectivity index (χ0) is 15.2. The van der Waals surface area contributed by atoms with Gasteiger partial charge in [0, 0.05) is 10.6 Å². The first kappa shape index (κ1) is 18.9. The highest BCUT2D eigenvalue weighted by atomic mass is 127. The first-order valence-corrected chi connectivity index (χ1v) is 7.77. The number of nitrogens with one attached hydrogen (secondary N) is 1. The van der Waals surface area contributed by atoms with Gasteiger partial charge >= 0.3 is 0 Å². The van der Waals surface area contributed by atoms with Crippen LogP contribution in [0.2, 0.25) is 0 Å². The van der Waals surface area contributed by atoms with Gasteiger partial charge in [-0.15, -0.1) is 35.3 Å². The fraction of sp³-hybridized carbons (Fsp3) is 0.312. The van der Waals surface area contributed by atoms with Crippen LogP contribution in [-0.4, -0.2) is 31.5 Å². The molecule has 0 fully saturated rings. The van der Waals surface area contributed by atoms with E-state index in [2.05, 4.69) is 59.8 Å². The fourth-order valence-corrected chi connectivity index (χ4v) is 3.00. The SMILES string of the molecule is Cc1cccc(NC(N)=NCC(c2cccs2)N(C)C)c1.I. The van der Waals surface area contributed by atoms with Crippen LogP contribution in [0.3, 0.4) is 0 Å². The first-order valence-electron chi connectivity index (χ1n) is 6.89. The number of aliphatic imine (C=N–C) groups is 1. The van der Waals surface area contributed by atoms with Crippen LogP contribution >= 0.6 is 35.3 Å². The molecule has 1 atom stereocenters. The van der Waals surface area contributed by atoms with E-state index in [9.17, 15) is 0 Å². The van der Waals surface area contributed by atoms with E-state index in [1.54, 1.807) is 11.3 Å². The van der Waals surface area contributed by atoms with Gasteiger partial charge in [-0.25, -0.2) is 0 Å². The molecule has 0 saturated carbocycles. The predicted octanol–water partition coefficient (Wildman–Crippen LogP) is 3.70. The molecule has 6 heteroatoms. The summed E-state index contributed by atoms with van der Waals surface area (Å²) in [6.45, 7) is 2.69. The van der Waals surface area contributed by atoms with Crippen molar-refractivity contribution in [3.05, 3.63) is 52.2 Å². The third-order valence-corrected chi connectivity index (χ3v) is 4.19. The number of guanidine groups is 1. The highest BCUT2D eigenvalue weighted by molar-refractivity contribution is 14.0. The van der Waals surface area contributed by atoms with Crippen molar-refractivity contribution < 1.29 is 0 Å². The molecule has 0 spiro atoms. The molecule has 0 aliphatic carbocycles. The summed E-state index contributed by atoms with van der Waals surface area (Å²) in [5.41, 5.74) is 8.14. The number of hydrogen-bond donors (Lipinski definition) is 2. The fourth-order valence-electron chi connectivity index (χ4n) is 2.08. The van der Waals surface area contributed by atoms with Crippen molar-refractivity contribution in [3.8, 4) is 0 Å². The van der Waals surface area contributed by atoms with Crippen LogP contribution in [0.4, 0.5) is 5.69 Å². The molecule has 1 aromatic heterocycles. The van der Waals surface area contributed by atoms with E-state index >= 15 is 0 Å². The normalized spacial score (nSPS) is 12.8. The quantitative estimate of drug-likeness (QED) is 0.432. The van der Waals surface area contributed by atoms with Crippen LogP contribution < -0.4 is 11.1 Å². The van der Waals surface area contributed by atoms with Gasteiger partial charge in [0.15, 0.2) is 5.96 Å². The Kier molecular flexibility index (Phi) is 7.84. The number of anilines is 1. The third-order valence-electron chi connectivity index (χ3n) is 3.22. The number of thiophene rings is 1. The Morgan fingerprint density at radius 3 is 2.68 bits per heavy atom. The average Bonchev–Trinajstić information content (AvgIpc) is 2.92. The van der Waals surface area contributed by atoms with Crippen LogP contribution in [0.25, 0.3) is 0 Å². The van der Waals surface area contributed by atoms with E-state index in [1.807, 2.05) is 18.2 Å². The molecule has 1 aromatic carbocycles. The third kappa shape index (κ3) is 5.58. The number of benzene rings is 1. The smallest absolute Gasteiger partial charge is 0.193 e. The monoisotopic (exact) mass is 430 g/mol.